The molecule has 4 N–H and O–H groups in total. The Bertz CT molecular complexity index is 431. The molecule has 0 amide bonds. The summed E-state index contributed by atoms with van der Waals surface area (Å²) in [5.74, 6) is -1.48. The summed E-state index contributed by atoms with van der Waals surface area (Å²) in [6.07, 6.45) is 2.08. The summed E-state index contributed by atoms with van der Waals surface area (Å²) in [5, 5.41) is 18.6. The Morgan fingerprint density at radius 3 is 2.75 bits per heavy atom. The van der Waals surface area contributed by atoms with E-state index in [-0.39, 0.29) is 11.3 Å². The molecular formula is C11H12BrNO3. The van der Waals surface area contributed by atoms with Gasteiger partial charge in [-0.05, 0) is 18.6 Å². The van der Waals surface area contributed by atoms with Gasteiger partial charge in [-0.3, -0.25) is 0 Å². The fourth-order valence-corrected chi connectivity index (χ4v) is 1.85. The molecule has 0 aliphatic rings. The van der Waals surface area contributed by atoms with Gasteiger partial charge in [-0.25, -0.2) is 4.79 Å². The van der Waals surface area contributed by atoms with Crippen LogP contribution in [0.3, 0.4) is 0 Å². The van der Waals surface area contributed by atoms with Crippen LogP contribution in [0.15, 0.2) is 29.3 Å². The van der Waals surface area contributed by atoms with Crippen LogP contribution in [0.2, 0.25) is 0 Å². The number of hydrogen-bond acceptors (Lipinski definition) is 3. The molecular weight excluding hydrogens is 274 g/mol. The Balaban J connectivity index is 3.28. The Labute approximate surface area is 102 Å². The minimum Gasteiger partial charge on any atom is -0.507 e. The molecule has 0 aliphatic carbocycles. The maximum Gasteiger partial charge on any atom is 0.339 e. The molecule has 0 unspecified atom stereocenters. The van der Waals surface area contributed by atoms with Gasteiger partial charge in [0.15, 0.2) is 0 Å². The van der Waals surface area contributed by atoms with E-state index in [0.29, 0.717) is 16.5 Å². The fourth-order valence-electron chi connectivity index (χ4n) is 1.37. The molecule has 0 spiro atoms. The number of carboxylic acids is 1. The van der Waals surface area contributed by atoms with E-state index < -0.39 is 12.0 Å². The molecule has 1 atom stereocenters. The number of nitrogens with two attached hydrogens (primary N) is 1. The molecule has 5 heteroatoms. The van der Waals surface area contributed by atoms with Gasteiger partial charge in [0.25, 0.3) is 0 Å². The molecule has 1 aromatic carbocycles. The van der Waals surface area contributed by atoms with Crippen molar-refractivity contribution in [2.75, 3.05) is 0 Å². The smallest absolute Gasteiger partial charge is 0.339 e. The van der Waals surface area contributed by atoms with E-state index in [9.17, 15) is 9.90 Å². The van der Waals surface area contributed by atoms with Crippen molar-refractivity contribution in [3.05, 3.63) is 40.4 Å². The number of rotatable bonds is 4. The lowest BCUT2D eigenvalue weighted by molar-refractivity contribution is 0.0693. The maximum absolute atomic E-state index is 10.9. The van der Waals surface area contributed by atoms with Gasteiger partial charge >= 0.3 is 5.97 Å². The van der Waals surface area contributed by atoms with E-state index in [1.54, 1.807) is 12.1 Å². The zero-order valence-electron chi connectivity index (χ0n) is 8.48. The first-order chi connectivity index (χ1) is 7.47. The Morgan fingerprint density at radius 2 is 2.25 bits per heavy atom. The SMILES string of the molecule is C=CC[C@@H](N)c1cc(Br)cc(C(=O)O)c1O. The predicted octanol–water partition coefficient (Wildman–Crippen LogP) is 2.43. The van der Waals surface area contributed by atoms with Crippen LogP contribution in [-0.4, -0.2) is 16.2 Å². The van der Waals surface area contributed by atoms with Gasteiger partial charge < -0.3 is 15.9 Å². The third-order valence-electron chi connectivity index (χ3n) is 2.15. The van der Waals surface area contributed by atoms with Gasteiger partial charge in [0, 0.05) is 16.1 Å². The minimum atomic E-state index is -1.19. The van der Waals surface area contributed by atoms with Crippen molar-refractivity contribution in [3.63, 3.8) is 0 Å². The van der Waals surface area contributed by atoms with Gasteiger partial charge in [0.05, 0.1) is 0 Å². The van der Waals surface area contributed by atoms with Crippen molar-refractivity contribution < 1.29 is 15.0 Å². The summed E-state index contributed by atoms with van der Waals surface area (Å²) in [7, 11) is 0. The number of benzene rings is 1. The summed E-state index contributed by atoms with van der Waals surface area (Å²) in [5.41, 5.74) is 6.03. The van der Waals surface area contributed by atoms with E-state index in [2.05, 4.69) is 22.5 Å². The summed E-state index contributed by atoms with van der Waals surface area (Å²) < 4.78 is 0.567. The van der Waals surface area contributed by atoms with Gasteiger partial charge in [-0.2, -0.15) is 0 Å². The molecule has 16 heavy (non-hydrogen) atoms. The lowest BCUT2D eigenvalue weighted by atomic mass is 10.0. The first kappa shape index (κ1) is 12.7. The molecule has 0 aromatic heterocycles. The second kappa shape index (κ2) is 5.14. The molecule has 0 radical (unpaired) electrons. The van der Waals surface area contributed by atoms with Crippen LogP contribution in [0.4, 0.5) is 0 Å². The van der Waals surface area contributed by atoms with Crippen LogP contribution in [0, 0.1) is 0 Å². The largest absolute Gasteiger partial charge is 0.507 e. The second-order valence-corrected chi connectivity index (χ2v) is 4.24. The zero-order chi connectivity index (χ0) is 12.3. The van der Waals surface area contributed by atoms with Crippen LogP contribution in [-0.2, 0) is 0 Å². The highest BCUT2D eigenvalue weighted by Gasteiger charge is 2.18. The average molecular weight is 286 g/mol. The van der Waals surface area contributed by atoms with Crippen molar-refractivity contribution in [1.82, 2.24) is 0 Å². The topological polar surface area (TPSA) is 83.6 Å². The number of carboxylic acid groups (broad SMARTS) is 1. The third-order valence-corrected chi connectivity index (χ3v) is 2.61. The fraction of sp³-hybridized carbons (Fsp3) is 0.182. The number of aromatic hydroxyl groups is 1. The molecule has 1 aromatic rings. The first-order valence-electron chi connectivity index (χ1n) is 4.59. The van der Waals surface area contributed by atoms with Crippen molar-refractivity contribution in [1.29, 1.82) is 0 Å². The number of halogens is 1. The molecule has 0 fully saturated rings. The quantitative estimate of drug-likeness (QED) is 0.742. The highest BCUT2D eigenvalue weighted by Crippen LogP contribution is 2.32. The van der Waals surface area contributed by atoms with E-state index in [4.69, 9.17) is 10.8 Å². The second-order valence-electron chi connectivity index (χ2n) is 3.33. The molecule has 86 valence electrons. The summed E-state index contributed by atoms with van der Waals surface area (Å²) in [6, 6.07) is 2.48. The molecule has 4 nitrogen and oxygen atoms in total. The van der Waals surface area contributed by atoms with Gasteiger partial charge in [-0.15, -0.1) is 6.58 Å². The Hall–Kier alpha value is -1.33. The number of hydrogen-bond donors (Lipinski definition) is 3. The molecule has 0 heterocycles. The van der Waals surface area contributed by atoms with Crippen LogP contribution in [0.5, 0.6) is 5.75 Å². The lowest BCUT2D eigenvalue weighted by Crippen LogP contribution is -2.11. The monoisotopic (exact) mass is 285 g/mol. The van der Waals surface area contributed by atoms with Gasteiger partial charge in [-0.1, -0.05) is 22.0 Å². The van der Waals surface area contributed by atoms with E-state index in [1.165, 1.54) is 6.07 Å². The summed E-state index contributed by atoms with van der Waals surface area (Å²) >= 11 is 3.18. The van der Waals surface area contributed by atoms with Crippen LogP contribution in [0.1, 0.15) is 28.4 Å². The average Bonchev–Trinajstić information content (AvgIpc) is 2.20. The van der Waals surface area contributed by atoms with Crippen LogP contribution >= 0.6 is 15.9 Å². The molecule has 0 saturated heterocycles. The molecule has 0 bridgehead atoms. The van der Waals surface area contributed by atoms with Crippen LogP contribution in [0.25, 0.3) is 0 Å². The van der Waals surface area contributed by atoms with E-state index in [0.717, 1.165) is 0 Å². The van der Waals surface area contributed by atoms with Crippen molar-refractivity contribution in [2.45, 2.75) is 12.5 Å². The number of carbonyl (C=O) groups is 1. The zero-order valence-corrected chi connectivity index (χ0v) is 10.1. The van der Waals surface area contributed by atoms with Crippen molar-refractivity contribution in [3.8, 4) is 5.75 Å². The standard InChI is InChI=1S/C11H12BrNO3/c1-2-3-9(13)7-4-6(12)5-8(10(7)14)11(15)16/h2,4-5,9,14H,1,3,13H2,(H,15,16)/t9-/m1/s1. The van der Waals surface area contributed by atoms with Crippen molar-refractivity contribution in [2.24, 2.45) is 5.73 Å². The third kappa shape index (κ3) is 2.62. The van der Waals surface area contributed by atoms with Gasteiger partial charge in [0.1, 0.15) is 11.3 Å². The van der Waals surface area contributed by atoms with Gasteiger partial charge in [0.2, 0.25) is 0 Å². The predicted molar refractivity (Wildman–Crippen MR) is 64.5 cm³/mol. The number of phenols is 1. The lowest BCUT2D eigenvalue weighted by Gasteiger charge is -2.13. The molecule has 1 rings (SSSR count). The summed E-state index contributed by atoms with van der Waals surface area (Å²) in [4.78, 5) is 10.9. The highest BCUT2D eigenvalue weighted by atomic mass is 79.9. The van der Waals surface area contributed by atoms with Crippen molar-refractivity contribution >= 4 is 21.9 Å². The van der Waals surface area contributed by atoms with E-state index in [1.807, 2.05) is 0 Å². The number of aromatic carboxylic acids is 1. The van der Waals surface area contributed by atoms with E-state index >= 15 is 0 Å². The normalized spacial score (nSPS) is 12.1. The first-order valence-corrected chi connectivity index (χ1v) is 5.38. The Kier molecular flexibility index (Phi) is 4.09. The Morgan fingerprint density at radius 1 is 1.62 bits per heavy atom. The molecule has 0 aliphatic heterocycles. The molecule has 0 saturated carbocycles. The highest BCUT2D eigenvalue weighted by molar-refractivity contribution is 9.10. The minimum absolute atomic E-state index is 0.163. The van der Waals surface area contributed by atoms with Crippen LogP contribution < -0.4 is 5.73 Å². The maximum atomic E-state index is 10.9. The summed E-state index contributed by atoms with van der Waals surface area (Å²) in [6.45, 7) is 3.55.